The van der Waals surface area contributed by atoms with Gasteiger partial charge in [0.1, 0.15) is 5.01 Å². The van der Waals surface area contributed by atoms with Gasteiger partial charge < -0.3 is 9.55 Å². The molecule has 80 valence electrons. The third-order valence-electron chi connectivity index (χ3n) is 2.33. The summed E-state index contributed by atoms with van der Waals surface area (Å²) in [6.07, 6.45) is 4.89. The van der Waals surface area contributed by atoms with Gasteiger partial charge in [0.25, 0.3) is 0 Å². The van der Waals surface area contributed by atoms with E-state index in [1.165, 1.54) is 0 Å². The maximum atomic E-state index is 5.27. The summed E-state index contributed by atoms with van der Waals surface area (Å²) in [4.78, 5) is 7.49. The molecule has 0 amide bonds. The molecule has 1 N–H and O–H groups in total. The molecule has 2 heterocycles. The van der Waals surface area contributed by atoms with Crippen molar-refractivity contribution < 1.29 is 0 Å². The molecule has 3 nitrogen and oxygen atoms in total. The quantitative estimate of drug-likeness (QED) is 0.834. The van der Waals surface area contributed by atoms with Crippen LogP contribution in [0.3, 0.4) is 0 Å². The number of nitrogens with zero attached hydrogens (tertiary/aromatic N) is 2. The predicted octanol–water partition coefficient (Wildman–Crippen LogP) is 3.31. The predicted molar refractivity (Wildman–Crippen MR) is 64.9 cm³/mol. The van der Waals surface area contributed by atoms with Crippen LogP contribution < -0.4 is 0 Å². The Morgan fingerprint density at radius 2 is 2.47 bits per heavy atom. The number of imidazole rings is 1. The lowest BCUT2D eigenvalue weighted by Gasteiger charge is -2.13. The van der Waals surface area contributed by atoms with Gasteiger partial charge in [-0.1, -0.05) is 6.92 Å². The van der Waals surface area contributed by atoms with Crippen LogP contribution in [0.25, 0.3) is 0 Å². The molecule has 2 aromatic rings. The van der Waals surface area contributed by atoms with Gasteiger partial charge in [0, 0.05) is 23.5 Å². The first-order valence-corrected chi connectivity index (χ1v) is 6.18. The van der Waals surface area contributed by atoms with E-state index in [1.807, 2.05) is 18.5 Å². The number of hydrogen-bond donors (Lipinski definition) is 1. The fraction of sp³-hybridized carbons (Fsp3) is 0.400. The van der Waals surface area contributed by atoms with Gasteiger partial charge in [-0.15, -0.1) is 11.3 Å². The molecule has 0 fully saturated rings. The molecule has 0 aliphatic rings. The second-order valence-corrected chi connectivity index (χ2v) is 4.76. The van der Waals surface area contributed by atoms with Gasteiger partial charge in [-0.05, 0) is 25.6 Å². The van der Waals surface area contributed by atoms with Crippen LogP contribution in [0.5, 0.6) is 0 Å². The largest absolute Gasteiger partial charge is 0.335 e. The minimum atomic E-state index is 0.266. The number of rotatable bonds is 3. The molecule has 1 unspecified atom stereocenters. The molecule has 0 aliphatic carbocycles. The minimum absolute atomic E-state index is 0.266. The zero-order chi connectivity index (χ0) is 10.8. The Bertz CT molecular complexity index is 481. The fourth-order valence-corrected chi connectivity index (χ4v) is 2.81. The van der Waals surface area contributed by atoms with E-state index >= 15 is 0 Å². The second kappa shape index (κ2) is 4.28. The topological polar surface area (TPSA) is 33.6 Å². The van der Waals surface area contributed by atoms with Gasteiger partial charge in [0.2, 0.25) is 0 Å². The van der Waals surface area contributed by atoms with Crippen molar-refractivity contribution in [3.05, 3.63) is 33.2 Å². The van der Waals surface area contributed by atoms with Gasteiger partial charge in [-0.3, -0.25) is 0 Å². The van der Waals surface area contributed by atoms with Gasteiger partial charge in [-0.2, -0.15) is 0 Å². The number of aromatic amines is 1. The Labute approximate surface area is 97.8 Å². The lowest BCUT2D eigenvalue weighted by atomic mass is 10.2. The standard InChI is InChI=1S/C10H13N3S2/c1-3-8(9-11-4-5-15-9)13-6-7(2)12-10(13)14/h4-6,8H,3H2,1-2H3,(H,12,14). The second-order valence-electron chi connectivity index (χ2n) is 3.44. The van der Waals surface area contributed by atoms with Gasteiger partial charge >= 0.3 is 0 Å². The van der Waals surface area contributed by atoms with E-state index < -0.39 is 0 Å². The first kappa shape index (κ1) is 10.6. The molecule has 0 aliphatic heterocycles. The van der Waals surface area contributed by atoms with Crippen molar-refractivity contribution in [2.45, 2.75) is 26.3 Å². The summed E-state index contributed by atoms with van der Waals surface area (Å²) in [6.45, 7) is 4.16. The minimum Gasteiger partial charge on any atom is -0.335 e. The van der Waals surface area contributed by atoms with Crippen molar-refractivity contribution in [3.63, 3.8) is 0 Å². The number of aromatic nitrogens is 3. The SMILES string of the molecule is CCC(c1nccs1)n1cc(C)[nH]c1=S. The Balaban J connectivity index is 2.44. The summed E-state index contributed by atoms with van der Waals surface area (Å²) >= 11 is 6.95. The molecular formula is C10H13N3S2. The first-order valence-electron chi connectivity index (χ1n) is 4.89. The van der Waals surface area contributed by atoms with Crippen LogP contribution in [0.15, 0.2) is 17.8 Å². The Morgan fingerprint density at radius 1 is 1.67 bits per heavy atom. The van der Waals surface area contributed by atoms with E-state index in [-0.39, 0.29) is 6.04 Å². The van der Waals surface area contributed by atoms with E-state index in [1.54, 1.807) is 11.3 Å². The number of aryl methyl sites for hydroxylation is 1. The first-order chi connectivity index (χ1) is 7.22. The summed E-state index contributed by atoms with van der Waals surface area (Å²) in [7, 11) is 0. The zero-order valence-corrected chi connectivity index (χ0v) is 10.4. The van der Waals surface area contributed by atoms with Gasteiger partial charge in [0.05, 0.1) is 6.04 Å². The van der Waals surface area contributed by atoms with Crippen molar-refractivity contribution in [2.24, 2.45) is 0 Å². The lowest BCUT2D eigenvalue weighted by molar-refractivity contribution is 0.557. The summed E-state index contributed by atoms with van der Waals surface area (Å²) < 4.78 is 2.86. The maximum Gasteiger partial charge on any atom is 0.177 e. The molecule has 0 saturated carbocycles. The van der Waals surface area contributed by atoms with Crippen LogP contribution >= 0.6 is 23.6 Å². The highest BCUT2D eigenvalue weighted by Crippen LogP contribution is 2.24. The highest BCUT2D eigenvalue weighted by atomic mass is 32.1. The van der Waals surface area contributed by atoms with Crippen LogP contribution in [0.2, 0.25) is 0 Å². The normalized spacial score (nSPS) is 12.9. The van der Waals surface area contributed by atoms with Crippen LogP contribution in [0, 0.1) is 11.7 Å². The monoisotopic (exact) mass is 239 g/mol. The number of nitrogens with one attached hydrogen (secondary N) is 1. The Hall–Kier alpha value is -0.940. The van der Waals surface area contributed by atoms with Crippen LogP contribution in [0.4, 0.5) is 0 Å². The smallest absolute Gasteiger partial charge is 0.177 e. The molecule has 5 heteroatoms. The fourth-order valence-electron chi connectivity index (χ4n) is 1.65. The highest BCUT2D eigenvalue weighted by molar-refractivity contribution is 7.71. The molecule has 0 bridgehead atoms. The average molecular weight is 239 g/mol. The van der Waals surface area contributed by atoms with Crippen molar-refractivity contribution in [2.75, 3.05) is 0 Å². The van der Waals surface area contributed by atoms with E-state index in [9.17, 15) is 0 Å². The van der Waals surface area contributed by atoms with E-state index in [0.29, 0.717) is 0 Å². The van der Waals surface area contributed by atoms with Crippen LogP contribution in [0.1, 0.15) is 30.1 Å². The van der Waals surface area contributed by atoms with Gasteiger partial charge in [-0.25, -0.2) is 4.98 Å². The zero-order valence-electron chi connectivity index (χ0n) is 8.73. The van der Waals surface area contributed by atoms with E-state index in [0.717, 1.165) is 21.9 Å². The lowest BCUT2D eigenvalue weighted by Crippen LogP contribution is -2.08. The maximum absolute atomic E-state index is 5.27. The van der Waals surface area contributed by atoms with E-state index in [4.69, 9.17) is 12.2 Å². The number of H-pyrrole nitrogens is 1. The van der Waals surface area contributed by atoms with Crippen molar-refractivity contribution in [1.29, 1.82) is 0 Å². The molecule has 15 heavy (non-hydrogen) atoms. The third-order valence-corrected chi connectivity index (χ3v) is 3.52. The Kier molecular flexibility index (Phi) is 3.02. The molecule has 2 rings (SSSR count). The molecule has 2 aromatic heterocycles. The number of hydrogen-bond acceptors (Lipinski definition) is 3. The van der Waals surface area contributed by atoms with E-state index in [2.05, 4.69) is 27.7 Å². The van der Waals surface area contributed by atoms with Gasteiger partial charge in [0.15, 0.2) is 4.77 Å². The molecule has 0 aromatic carbocycles. The molecule has 1 atom stereocenters. The molecular weight excluding hydrogens is 226 g/mol. The summed E-state index contributed by atoms with van der Waals surface area (Å²) in [5.41, 5.74) is 1.09. The average Bonchev–Trinajstić information content (AvgIpc) is 2.79. The molecule has 0 spiro atoms. The van der Waals surface area contributed by atoms with Crippen molar-refractivity contribution in [3.8, 4) is 0 Å². The molecule has 0 saturated heterocycles. The number of thiazole rings is 1. The Morgan fingerprint density at radius 3 is 2.93 bits per heavy atom. The summed E-state index contributed by atoms with van der Waals surface area (Å²) in [6, 6.07) is 0.266. The molecule has 0 radical (unpaired) electrons. The third kappa shape index (κ3) is 2.03. The summed E-state index contributed by atoms with van der Waals surface area (Å²) in [5.74, 6) is 0. The summed E-state index contributed by atoms with van der Waals surface area (Å²) in [5, 5.41) is 3.12. The highest BCUT2D eigenvalue weighted by Gasteiger charge is 2.14. The van der Waals surface area contributed by atoms with Crippen molar-refractivity contribution in [1.82, 2.24) is 14.5 Å². The van der Waals surface area contributed by atoms with Crippen molar-refractivity contribution >= 4 is 23.6 Å². The van der Waals surface area contributed by atoms with Crippen LogP contribution in [-0.2, 0) is 0 Å². The van der Waals surface area contributed by atoms with Crippen LogP contribution in [-0.4, -0.2) is 14.5 Å².